The molecule has 0 aromatic carbocycles. The lowest BCUT2D eigenvalue weighted by molar-refractivity contribution is -0.127. The quantitative estimate of drug-likeness (QED) is 0.928. The van der Waals surface area contributed by atoms with E-state index in [4.69, 9.17) is 4.42 Å². The maximum Gasteiger partial charge on any atom is 0.223 e. The molecule has 2 heterocycles. The molecular formula is C19H28N2O2. The van der Waals surface area contributed by atoms with E-state index in [1.54, 1.807) is 6.26 Å². The number of amides is 1. The Morgan fingerprint density at radius 2 is 2.04 bits per heavy atom. The summed E-state index contributed by atoms with van der Waals surface area (Å²) in [5.41, 5.74) is 0. The summed E-state index contributed by atoms with van der Waals surface area (Å²) >= 11 is 0. The van der Waals surface area contributed by atoms with Gasteiger partial charge in [0.05, 0.1) is 12.8 Å². The summed E-state index contributed by atoms with van der Waals surface area (Å²) in [7, 11) is 0. The van der Waals surface area contributed by atoms with E-state index < -0.39 is 0 Å². The topological polar surface area (TPSA) is 45.5 Å². The normalized spacial score (nSPS) is 32.1. The van der Waals surface area contributed by atoms with Crippen LogP contribution < -0.4 is 5.32 Å². The smallest absolute Gasteiger partial charge is 0.223 e. The molecule has 1 saturated heterocycles. The maximum absolute atomic E-state index is 12.6. The van der Waals surface area contributed by atoms with Gasteiger partial charge in [-0.05, 0) is 69.2 Å². The maximum atomic E-state index is 12.6. The minimum absolute atomic E-state index is 0.211. The molecule has 4 heteroatoms. The number of furan rings is 1. The van der Waals surface area contributed by atoms with Crippen molar-refractivity contribution in [3.8, 4) is 0 Å². The molecule has 0 spiro atoms. The summed E-state index contributed by atoms with van der Waals surface area (Å²) in [5.74, 6) is 3.23. The number of hydrogen-bond donors (Lipinski definition) is 1. The van der Waals surface area contributed by atoms with Crippen LogP contribution in [0.5, 0.6) is 0 Å². The zero-order chi connectivity index (χ0) is 15.6. The van der Waals surface area contributed by atoms with Gasteiger partial charge in [0.1, 0.15) is 5.76 Å². The highest BCUT2D eigenvalue weighted by atomic mass is 16.3. The summed E-state index contributed by atoms with van der Waals surface area (Å²) < 4.78 is 5.42. The number of nitrogens with zero attached hydrogens (tertiary/aromatic N) is 1. The van der Waals surface area contributed by atoms with Crippen molar-refractivity contribution >= 4 is 5.91 Å². The molecule has 1 amide bonds. The van der Waals surface area contributed by atoms with Gasteiger partial charge in [-0.3, -0.25) is 9.69 Å². The molecule has 4 rings (SSSR count). The van der Waals surface area contributed by atoms with Crippen LogP contribution in [-0.4, -0.2) is 29.9 Å². The van der Waals surface area contributed by atoms with Gasteiger partial charge in [-0.2, -0.15) is 0 Å². The van der Waals surface area contributed by atoms with Crippen molar-refractivity contribution in [2.24, 2.45) is 17.8 Å². The van der Waals surface area contributed by atoms with Crippen LogP contribution in [0.4, 0.5) is 0 Å². The zero-order valence-electron chi connectivity index (χ0n) is 13.9. The molecule has 126 valence electrons. The second-order valence-corrected chi connectivity index (χ2v) is 7.68. The average molecular weight is 316 g/mol. The lowest BCUT2D eigenvalue weighted by Gasteiger charge is -2.31. The number of nitrogens with one attached hydrogen (secondary N) is 1. The highest BCUT2D eigenvalue weighted by molar-refractivity contribution is 5.79. The van der Waals surface area contributed by atoms with E-state index in [2.05, 4.69) is 10.2 Å². The summed E-state index contributed by atoms with van der Waals surface area (Å²) in [6.07, 6.45) is 10.3. The molecular weight excluding hydrogens is 288 g/mol. The predicted octanol–water partition coefficient (Wildman–Crippen LogP) is 3.19. The van der Waals surface area contributed by atoms with Gasteiger partial charge in [0.25, 0.3) is 0 Å². The lowest BCUT2D eigenvalue weighted by Crippen LogP contribution is -2.44. The highest BCUT2D eigenvalue weighted by Crippen LogP contribution is 2.44. The van der Waals surface area contributed by atoms with Gasteiger partial charge < -0.3 is 9.73 Å². The monoisotopic (exact) mass is 316 g/mol. The van der Waals surface area contributed by atoms with Gasteiger partial charge in [0, 0.05) is 12.0 Å². The van der Waals surface area contributed by atoms with E-state index in [9.17, 15) is 4.79 Å². The van der Waals surface area contributed by atoms with Gasteiger partial charge in [-0.1, -0.05) is 12.8 Å². The molecule has 3 fully saturated rings. The number of likely N-dealkylation sites (tertiary alicyclic amines) is 1. The molecule has 23 heavy (non-hydrogen) atoms. The van der Waals surface area contributed by atoms with Gasteiger partial charge >= 0.3 is 0 Å². The minimum Gasteiger partial charge on any atom is -0.468 e. The standard InChI is InChI=1S/C19H28N2O2/c22-19(20-18-7-6-14-3-1-5-17(14)18)15-8-10-21(11-9-15)13-16-4-2-12-23-16/h2,4,12,14-15,17-18H,1,3,5-11,13H2,(H,20,22)/t14-,17-,18-/m0/s1. The number of piperidine rings is 1. The van der Waals surface area contributed by atoms with Gasteiger partial charge in [0.15, 0.2) is 0 Å². The molecule has 0 bridgehead atoms. The molecule has 4 nitrogen and oxygen atoms in total. The zero-order valence-corrected chi connectivity index (χ0v) is 13.9. The minimum atomic E-state index is 0.211. The summed E-state index contributed by atoms with van der Waals surface area (Å²) in [5, 5.41) is 3.40. The Hall–Kier alpha value is -1.29. The molecule has 0 radical (unpaired) electrons. The Labute approximate surface area is 138 Å². The van der Waals surface area contributed by atoms with Crippen molar-refractivity contribution in [3.05, 3.63) is 24.2 Å². The Balaban J connectivity index is 1.24. The van der Waals surface area contributed by atoms with Crippen molar-refractivity contribution in [2.45, 2.75) is 57.5 Å². The molecule has 2 aliphatic carbocycles. The third-order valence-corrected chi connectivity index (χ3v) is 6.33. The average Bonchev–Trinajstić information content (AvgIpc) is 3.28. The number of hydrogen-bond acceptors (Lipinski definition) is 3. The van der Waals surface area contributed by atoms with E-state index in [-0.39, 0.29) is 5.92 Å². The molecule has 0 unspecified atom stereocenters. The first-order valence-electron chi connectivity index (χ1n) is 9.35. The van der Waals surface area contributed by atoms with Crippen LogP contribution in [0, 0.1) is 17.8 Å². The molecule has 1 N–H and O–H groups in total. The first kappa shape index (κ1) is 15.3. The van der Waals surface area contributed by atoms with E-state index in [0.717, 1.165) is 50.1 Å². The van der Waals surface area contributed by atoms with E-state index in [1.165, 1.54) is 32.1 Å². The van der Waals surface area contributed by atoms with E-state index in [1.807, 2.05) is 12.1 Å². The first-order valence-corrected chi connectivity index (χ1v) is 9.35. The van der Waals surface area contributed by atoms with Crippen molar-refractivity contribution in [1.82, 2.24) is 10.2 Å². The Kier molecular flexibility index (Phi) is 4.43. The SMILES string of the molecule is O=C(N[C@H]1CC[C@@H]2CCC[C@@H]21)C1CCN(Cc2ccco2)CC1. The predicted molar refractivity (Wildman–Crippen MR) is 88.7 cm³/mol. The fourth-order valence-corrected chi connectivity index (χ4v) is 5.02. The third-order valence-electron chi connectivity index (χ3n) is 6.33. The number of carbonyl (C=O) groups excluding carboxylic acids is 1. The largest absolute Gasteiger partial charge is 0.468 e. The number of rotatable bonds is 4. The fourth-order valence-electron chi connectivity index (χ4n) is 5.02. The van der Waals surface area contributed by atoms with Crippen molar-refractivity contribution in [1.29, 1.82) is 0 Å². The van der Waals surface area contributed by atoms with Gasteiger partial charge in [-0.25, -0.2) is 0 Å². The van der Waals surface area contributed by atoms with Crippen molar-refractivity contribution < 1.29 is 9.21 Å². The summed E-state index contributed by atoms with van der Waals surface area (Å²) in [4.78, 5) is 15.0. The Morgan fingerprint density at radius 3 is 2.83 bits per heavy atom. The first-order chi connectivity index (χ1) is 11.3. The summed E-state index contributed by atoms with van der Waals surface area (Å²) in [6.45, 7) is 2.86. The molecule has 1 aromatic rings. The molecule has 3 aliphatic rings. The van der Waals surface area contributed by atoms with E-state index in [0.29, 0.717) is 11.9 Å². The Morgan fingerprint density at radius 1 is 1.17 bits per heavy atom. The van der Waals surface area contributed by atoms with Crippen LogP contribution in [0.15, 0.2) is 22.8 Å². The number of carbonyl (C=O) groups is 1. The Bertz CT molecular complexity index is 519. The summed E-state index contributed by atoms with van der Waals surface area (Å²) in [6, 6.07) is 4.43. The van der Waals surface area contributed by atoms with Crippen molar-refractivity contribution in [2.75, 3.05) is 13.1 Å². The van der Waals surface area contributed by atoms with Crippen LogP contribution in [0.2, 0.25) is 0 Å². The molecule has 2 saturated carbocycles. The fraction of sp³-hybridized carbons (Fsp3) is 0.737. The second-order valence-electron chi connectivity index (χ2n) is 7.68. The number of fused-ring (bicyclic) bond motifs is 1. The second kappa shape index (κ2) is 6.68. The molecule has 1 aliphatic heterocycles. The van der Waals surface area contributed by atoms with Crippen LogP contribution in [0.25, 0.3) is 0 Å². The molecule has 1 aromatic heterocycles. The molecule has 3 atom stereocenters. The van der Waals surface area contributed by atoms with E-state index >= 15 is 0 Å². The van der Waals surface area contributed by atoms with Crippen LogP contribution in [-0.2, 0) is 11.3 Å². The third kappa shape index (κ3) is 3.32. The van der Waals surface area contributed by atoms with Crippen molar-refractivity contribution in [3.63, 3.8) is 0 Å². The van der Waals surface area contributed by atoms with Crippen LogP contribution in [0.3, 0.4) is 0 Å². The van der Waals surface area contributed by atoms with Crippen LogP contribution in [0.1, 0.15) is 50.7 Å². The van der Waals surface area contributed by atoms with Gasteiger partial charge in [0.2, 0.25) is 5.91 Å². The van der Waals surface area contributed by atoms with Gasteiger partial charge in [-0.15, -0.1) is 0 Å². The van der Waals surface area contributed by atoms with Crippen LogP contribution >= 0.6 is 0 Å². The lowest BCUT2D eigenvalue weighted by atomic mass is 9.93. The highest BCUT2D eigenvalue weighted by Gasteiger charge is 2.40.